The molecule has 3 nitrogen and oxygen atoms in total. The maximum absolute atomic E-state index is 6.17. The molecule has 0 bridgehead atoms. The van der Waals surface area contributed by atoms with E-state index in [-0.39, 0.29) is 12.3 Å². The Morgan fingerprint density at radius 2 is 2.00 bits per heavy atom. The van der Waals surface area contributed by atoms with Gasteiger partial charge in [0.1, 0.15) is 6.23 Å². The summed E-state index contributed by atoms with van der Waals surface area (Å²) in [6.45, 7) is 5.84. The highest BCUT2D eigenvalue weighted by molar-refractivity contribution is 6.31. The Kier molecular flexibility index (Phi) is 4.67. The third-order valence-corrected chi connectivity index (χ3v) is 3.94. The van der Waals surface area contributed by atoms with Crippen LogP contribution < -0.4 is 10.6 Å². The standard InChI is InChI=1S/C18H21ClN2O/c1-12-6-15(8-16(19)7-12)14-4-3-5-17(9-14)21-18-11-20-10-13(2)22-18/h3-9,13,18,20-21H,10-11H2,1-2H3. The van der Waals surface area contributed by atoms with Gasteiger partial charge >= 0.3 is 0 Å². The van der Waals surface area contributed by atoms with Crippen LogP contribution in [-0.2, 0) is 4.74 Å². The maximum atomic E-state index is 6.17. The Morgan fingerprint density at radius 1 is 1.14 bits per heavy atom. The summed E-state index contributed by atoms with van der Waals surface area (Å²) >= 11 is 6.17. The molecule has 1 fully saturated rings. The van der Waals surface area contributed by atoms with Gasteiger partial charge in [0.05, 0.1) is 6.10 Å². The molecule has 22 heavy (non-hydrogen) atoms. The van der Waals surface area contributed by atoms with Gasteiger partial charge < -0.3 is 15.4 Å². The minimum Gasteiger partial charge on any atom is -0.359 e. The number of rotatable bonds is 3. The average molecular weight is 317 g/mol. The molecule has 1 aliphatic rings. The number of hydrogen-bond acceptors (Lipinski definition) is 3. The van der Waals surface area contributed by atoms with Crippen molar-refractivity contribution < 1.29 is 4.74 Å². The molecule has 1 heterocycles. The highest BCUT2D eigenvalue weighted by atomic mass is 35.5. The van der Waals surface area contributed by atoms with Crippen molar-refractivity contribution in [3.8, 4) is 11.1 Å². The van der Waals surface area contributed by atoms with Crippen LogP contribution in [0.1, 0.15) is 12.5 Å². The lowest BCUT2D eigenvalue weighted by Crippen LogP contribution is -2.46. The van der Waals surface area contributed by atoms with Crippen LogP contribution in [0.3, 0.4) is 0 Å². The summed E-state index contributed by atoms with van der Waals surface area (Å²) < 4.78 is 5.88. The van der Waals surface area contributed by atoms with Crippen LogP contribution in [0.4, 0.5) is 5.69 Å². The molecule has 1 aliphatic heterocycles. The summed E-state index contributed by atoms with van der Waals surface area (Å²) in [4.78, 5) is 0. The highest BCUT2D eigenvalue weighted by Gasteiger charge is 2.18. The molecule has 2 N–H and O–H groups in total. The van der Waals surface area contributed by atoms with E-state index in [9.17, 15) is 0 Å². The van der Waals surface area contributed by atoms with Crippen LogP contribution >= 0.6 is 11.6 Å². The Hall–Kier alpha value is -1.55. The minimum atomic E-state index is 0.0000902. The van der Waals surface area contributed by atoms with Gasteiger partial charge in [-0.2, -0.15) is 0 Å². The molecule has 4 heteroatoms. The second-order valence-corrected chi connectivity index (χ2v) is 6.27. The molecule has 0 aliphatic carbocycles. The van der Waals surface area contributed by atoms with Crippen molar-refractivity contribution in [1.82, 2.24) is 5.32 Å². The second kappa shape index (κ2) is 6.69. The molecule has 0 aromatic heterocycles. The number of aryl methyl sites for hydroxylation is 1. The number of nitrogens with one attached hydrogen (secondary N) is 2. The zero-order valence-electron chi connectivity index (χ0n) is 12.9. The third kappa shape index (κ3) is 3.80. The van der Waals surface area contributed by atoms with Gasteiger partial charge in [0.2, 0.25) is 0 Å². The van der Waals surface area contributed by atoms with Crippen molar-refractivity contribution in [3.05, 3.63) is 53.1 Å². The quantitative estimate of drug-likeness (QED) is 0.896. The van der Waals surface area contributed by atoms with Gasteiger partial charge in [0.15, 0.2) is 0 Å². The van der Waals surface area contributed by atoms with E-state index in [1.54, 1.807) is 0 Å². The first-order chi connectivity index (χ1) is 10.6. The van der Waals surface area contributed by atoms with Crippen molar-refractivity contribution in [2.24, 2.45) is 0 Å². The van der Waals surface area contributed by atoms with E-state index in [0.717, 1.165) is 40.5 Å². The van der Waals surface area contributed by atoms with Crippen molar-refractivity contribution in [3.63, 3.8) is 0 Å². The number of halogens is 1. The summed E-state index contributed by atoms with van der Waals surface area (Å²) in [6, 6.07) is 14.4. The van der Waals surface area contributed by atoms with Gasteiger partial charge in [-0.15, -0.1) is 0 Å². The van der Waals surface area contributed by atoms with Gasteiger partial charge in [-0.05, 0) is 54.8 Å². The van der Waals surface area contributed by atoms with E-state index in [1.807, 2.05) is 18.2 Å². The summed E-state index contributed by atoms with van der Waals surface area (Å²) in [5, 5.41) is 7.56. The third-order valence-electron chi connectivity index (χ3n) is 3.72. The van der Waals surface area contributed by atoms with E-state index < -0.39 is 0 Å². The van der Waals surface area contributed by atoms with Gasteiger partial charge in [-0.1, -0.05) is 29.8 Å². The normalized spacial score (nSPS) is 21.6. The van der Waals surface area contributed by atoms with Gasteiger partial charge in [-0.3, -0.25) is 0 Å². The molecule has 0 amide bonds. The molecule has 1 saturated heterocycles. The van der Waals surface area contributed by atoms with Crippen molar-refractivity contribution in [2.75, 3.05) is 18.4 Å². The molecule has 3 rings (SSSR count). The topological polar surface area (TPSA) is 33.3 Å². The van der Waals surface area contributed by atoms with E-state index in [2.05, 4.69) is 48.7 Å². The maximum Gasteiger partial charge on any atom is 0.140 e. The number of anilines is 1. The first kappa shape index (κ1) is 15.3. The summed E-state index contributed by atoms with van der Waals surface area (Å²) in [5.74, 6) is 0. The number of hydrogen-bond donors (Lipinski definition) is 2. The predicted molar refractivity (Wildman–Crippen MR) is 92.5 cm³/mol. The average Bonchev–Trinajstić information content (AvgIpc) is 2.46. The fourth-order valence-corrected chi connectivity index (χ4v) is 3.05. The number of ether oxygens (including phenoxy) is 1. The SMILES string of the molecule is Cc1cc(Cl)cc(-c2cccc(NC3CNCC(C)O3)c2)c1. The van der Waals surface area contributed by atoms with Crippen LogP contribution in [-0.4, -0.2) is 25.4 Å². The molecule has 0 radical (unpaired) electrons. The molecule has 116 valence electrons. The molecular formula is C18H21ClN2O. The van der Waals surface area contributed by atoms with Crippen molar-refractivity contribution >= 4 is 17.3 Å². The van der Waals surface area contributed by atoms with Crippen LogP contribution in [0.15, 0.2) is 42.5 Å². The molecule has 2 unspecified atom stereocenters. The Labute approximate surface area is 136 Å². The zero-order chi connectivity index (χ0) is 15.5. The summed E-state index contributed by atoms with van der Waals surface area (Å²) in [6.07, 6.45) is 0.227. The van der Waals surface area contributed by atoms with E-state index in [0.29, 0.717) is 0 Å². The first-order valence-corrected chi connectivity index (χ1v) is 7.98. The van der Waals surface area contributed by atoms with Gasteiger partial charge in [0, 0.05) is 23.8 Å². The fourth-order valence-electron chi connectivity index (χ4n) is 2.76. The molecular weight excluding hydrogens is 296 g/mol. The zero-order valence-corrected chi connectivity index (χ0v) is 13.7. The summed E-state index contributed by atoms with van der Waals surface area (Å²) in [7, 11) is 0. The van der Waals surface area contributed by atoms with Crippen molar-refractivity contribution in [1.29, 1.82) is 0 Å². The Morgan fingerprint density at radius 3 is 2.77 bits per heavy atom. The number of morpholine rings is 1. The van der Waals surface area contributed by atoms with E-state index in [4.69, 9.17) is 16.3 Å². The van der Waals surface area contributed by atoms with Crippen LogP contribution in [0.25, 0.3) is 11.1 Å². The Bertz CT molecular complexity index is 639. The van der Waals surface area contributed by atoms with E-state index in [1.165, 1.54) is 0 Å². The number of benzene rings is 2. The van der Waals surface area contributed by atoms with Crippen molar-refractivity contribution in [2.45, 2.75) is 26.2 Å². The largest absolute Gasteiger partial charge is 0.359 e. The van der Waals surface area contributed by atoms with Crippen LogP contribution in [0.5, 0.6) is 0 Å². The van der Waals surface area contributed by atoms with Crippen LogP contribution in [0.2, 0.25) is 5.02 Å². The molecule has 2 aromatic rings. The molecule has 0 spiro atoms. The fraction of sp³-hybridized carbons (Fsp3) is 0.333. The predicted octanol–water partition coefficient (Wildman–Crippen LogP) is 4.06. The lowest BCUT2D eigenvalue weighted by molar-refractivity contribution is -0.0116. The Balaban J connectivity index is 1.80. The molecule has 0 saturated carbocycles. The second-order valence-electron chi connectivity index (χ2n) is 5.84. The highest BCUT2D eigenvalue weighted by Crippen LogP contribution is 2.27. The van der Waals surface area contributed by atoms with E-state index >= 15 is 0 Å². The first-order valence-electron chi connectivity index (χ1n) is 7.60. The van der Waals surface area contributed by atoms with Gasteiger partial charge in [-0.25, -0.2) is 0 Å². The monoisotopic (exact) mass is 316 g/mol. The summed E-state index contributed by atoms with van der Waals surface area (Å²) in [5.41, 5.74) is 4.49. The van der Waals surface area contributed by atoms with Crippen LogP contribution in [0, 0.1) is 6.92 Å². The molecule has 2 aromatic carbocycles. The van der Waals surface area contributed by atoms with Gasteiger partial charge in [0.25, 0.3) is 0 Å². The lowest BCUT2D eigenvalue weighted by Gasteiger charge is -2.30. The smallest absolute Gasteiger partial charge is 0.140 e. The molecule has 2 atom stereocenters. The minimum absolute atomic E-state index is 0.0000902. The lowest BCUT2D eigenvalue weighted by atomic mass is 10.0.